The van der Waals surface area contributed by atoms with E-state index in [2.05, 4.69) is 32.9 Å². The van der Waals surface area contributed by atoms with Crippen LogP contribution < -0.4 is 10.1 Å². The summed E-state index contributed by atoms with van der Waals surface area (Å²) < 4.78 is 6.03. The maximum absolute atomic E-state index is 11.6. The average Bonchev–Trinajstić information content (AvgIpc) is 2.18. The molecule has 0 spiro atoms. The molecule has 6 heteroatoms. The zero-order valence-corrected chi connectivity index (χ0v) is 13.2. The highest BCUT2D eigenvalue weighted by atomic mass is 127. The number of rotatable bonds is 2. The van der Waals surface area contributed by atoms with Gasteiger partial charge >= 0.3 is 6.09 Å². The van der Waals surface area contributed by atoms with Gasteiger partial charge in [0.25, 0.3) is 0 Å². The first kappa shape index (κ1) is 14.6. The van der Waals surface area contributed by atoms with Crippen molar-refractivity contribution in [2.75, 3.05) is 6.26 Å². The van der Waals surface area contributed by atoms with Crippen molar-refractivity contribution in [3.63, 3.8) is 0 Å². The van der Waals surface area contributed by atoms with Gasteiger partial charge < -0.3 is 10.1 Å². The van der Waals surface area contributed by atoms with Gasteiger partial charge in [-0.1, -0.05) is 0 Å². The number of nitrogens with zero attached hydrogens (tertiary/aromatic N) is 1. The maximum atomic E-state index is 11.6. The van der Waals surface area contributed by atoms with Crippen molar-refractivity contribution < 1.29 is 9.53 Å². The van der Waals surface area contributed by atoms with Crippen LogP contribution in [-0.2, 0) is 0 Å². The Hall–Kier alpha value is -0.500. The number of hydrogen-bond donors (Lipinski definition) is 1. The van der Waals surface area contributed by atoms with Crippen LogP contribution >= 0.6 is 34.4 Å². The minimum Gasteiger partial charge on any atom is -0.390 e. The Balaban J connectivity index is 2.79. The first-order chi connectivity index (χ1) is 7.83. The van der Waals surface area contributed by atoms with Crippen LogP contribution in [0.2, 0.25) is 0 Å². The number of carbonyl (C=O) groups is 1. The number of pyridine rings is 1. The van der Waals surface area contributed by atoms with E-state index in [0.29, 0.717) is 5.88 Å². The Morgan fingerprint density at radius 1 is 1.53 bits per heavy atom. The molecule has 0 bridgehead atoms. The monoisotopic (exact) mass is 366 g/mol. The van der Waals surface area contributed by atoms with Gasteiger partial charge in [-0.2, -0.15) is 0 Å². The quantitative estimate of drug-likeness (QED) is 0.645. The minimum atomic E-state index is -0.485. The fourth-order valence-electron chi connectivity index (χ4n) is 1.06. The highest BCUT2D eigenvalue weighted by molar-refractivity contribution is 14.1. The average molecular weight is 366 g/mol. The second-order valence-electron chi connectivity index (χ2n) is 4.40. The van der Waals surface area contributed by atoms with Gasteiger partial charge in [0.2, 0.25) is 5.88 Å². The first-order valence-corrected chi connectivity index (χ1v) is 7.32. The number of amides is 1. The molecule has 17 heavy (non-hydrogen) atoms. The molecule has 1 rings (SSSR count). The molecule has 0 unspecified atom stereocenters. The number of ether oxygens (including phenoxy) is 1. The molecule has 1 aromatic heterocycles. The zero-order chi connectivity index (χ0) is 13.1. The van der Waals surface area contributed by atoms with E-state index < -0.39 is 6.09 Å². The van der Waals surface area contributed by atoms with Crippen molar-refractivity contribution in [3.8, 4) is 5.88 Å². The minimum absolute atomic E-state index is 0.320. The molecule has 0 aromatic carbocycles. The summed E-state index contributed by atoms with van der Waals surface area (Å²) in [5.74, 6) is 0.346. The maximum Gasteiger partial charge on any atom is 0.414 e. The molecule has 0 atom stereocenters. The molecule has 94 valence electrons. The van der Waals surface area contributed by atoms with Gasteiger partial charge in [0.1, 0.15) is 0 Å². The van der Waals surface area contributed by atoms with Crippen molar-refractivity contribution in [2.24, 2.45) is 0 Å². The molecule has 0 radical (unpaired) electrons. The zero-order valence-electron chi connectivity index (χ0n) is 10.2. The Morgan fingerprint density at radius 3 is 2.71 bits per heavy atom. The van der Waals surface area contributed by atoms with Crippen LogP contribution in [0.5, 0.6) is 5.88 Å². The number of hydrogen-bond acceptors (Lipinski definition) is 4. The third-order valence-electron chi connectivity index (χ3n) is 1.71. The summed E-state index contributed by atoms with van der Waals surface area (Å²) in [7, 11) is 0. The Kier molecular flexibility index (Phi) is 5.05. The molecular formula is C11H15IN2O2S. The third kappa shape index (κ3) is 4.71. The van der Waals surface area contributed by atoms with Crippen molar-refractivity contribution in [1.29, 1.82) is 0 Å². The molecule has 1 aromatic rings. The van der Waals surface area contributed by atoms with Gasteiger partial charge in [-0.25, -0.2) is 9.78 Å². The second-order valence-corrected chi connectivity index (χ2v) is 6.32. The van der Waals surface area contributed by atoms with Crippen LogP contribution in [0, 0.1) is 3.57 Å². The largest absolute Gasteiger partial charge is 0.414 e. The fourth-order valence-corrected chi connectivity index (χ4v) is 2.61. The first-order valence-electron chi connectivity index (χ1n) is 5.02. The molecule has 1 heterocycles. The topological polar surface area (TPSA) is 51.2 Å². The molecular weight excluding hydrogens is 351 g/mol. The van der Waals surface area contributed by atoms with Gasteiger partial charge in [0, 0.05) is 16.6 Å². The van der Waals surface area contributed by atoms with E-state index in [0.717, 1.165) is 8.47 Å². The summed E-state index contributed by atoms with van der Waals surface area (Å²) in [5, 5.41) is 2.72. The lowest BCUT2D eigenvalue weighted by Gasteiger charge is -2.19. The van der Waals surface area contributed by atoms with Crippen LogP contribution in [0.15, 0.2) is 17.2 Å². The van der Waals surface area contributed by atoms with Gasteiger partial charge in [-0.05, 0) is 55.7 Å². The molecule has 1 amide bonds. The lowest BCUT2D eigenvalue weighted by molar-refractivity contribution is 0.188. The number of halogens is 1. The number of carbonyl (C=O) groups excluding carboxylic acids is 1. The molecule has 0 saturated heterocycles. The SMILES string of the molecule is CSc1ccnc(OC(=O)NC(C)(C)C)c1I. The second kappa shape index (κ2) is 5.90. The third-order valence-corrected chi connectivity index (χ3v) is 3.90. The summed E-state index contributed by atoms with van der Waals surface area (Å²) in [6.07, 6.45) is 3.12. The Morgan fingerprint density at radius 2 is 2.18 bits per heavy atom. The molecule has 4 nitrogen and oxygen atoms in total. The van der Waals surface area contributed by atoms with E-state index in [4.69, 9.17) is 4.74 Å². The normalized spacial score (nSPS) is 11.1. The van der Waals surface area contributed by atoms with E-state index in [1.165, 1.54) is 0 Å². The highest BCUT2D eigenvalue weighted by Gasteiger charge is 2.17. The predicted molar refractivity (Wildman–Crippen MR) is 77.6 cm³/mol. The summed E-state index contributed by atoms with van der Waals surface area (Å²) in [5.41, 5.74) is -0.320. The smallest absolute Gasteiger partial charge is 0.390 e. The van der Waals surface area contributed by atoms with E-state index >= 15 is 0 Å². The van der Waals surface area contributed by atoms with Crippen molar-refractivity contribution in [3.05, 3.63) is 15.8 Å². The van der Waals surface area contributed by atoms with Crippen LogP contribution in [0.25, 0.3) is 0 Å². The van der Waals surface area contributed by atoms with Gasteiger partial charge in [0.05, 0.1) is 3.57 Å². The molecule has 0 aliphatic heterocycles. The summed E-state index contributed by atoms with van der Waals surface area (Å²) >= 11 is 3.71. The summed E-state index contributed by atoms with van der Waals surface area (Å²) in [4.78, 5) is 16.7. The van der Waals surface area contributed by atoms with Crippen LogP contribution in [0.3, 0.4) is 0 Å². The number of aromatic nitrogens is 1. The van der Waals surface area contributed by atoms with Crippen LogP contribution in [0.1, 0.15) is 20.8 Å². The number of nitrogens with one attached hydrogen (secondary N) is 1. The molecule has 0 aliphatic carbocycles. The molecule has 0 saturated carbocycles. The van der Waals surface area contributed by atoms with Gasteiger partial charge in [0.15, 0.2) is 0 Å². The van der Waals surface area contributed by atoms with Crippen LogP contribution in [0.4, 0.5) is 4.79 Å². The Bertz CT molecular complexity index is 418. The van der Waals surface area contributed by atoms with E-state index in [-0.39, 0.29) is 5.54 Å². The Labute approximate surface area is 119 Å². The molecule has 0 fully saturated rings. The lowest BCUT2D eigenvalue weighted by atomic mass is 10.1. The van der Waals surface area contributed by atoms with Crippen molar-refractivity contribution in [1.82, 2.24) is 10.3 Å². The lowest BCUT2D eigenvalue weighted by Crippen LogP contribution is -2.42. The van der Waals surface area contributed by atoms with Crippen LogP contribution in [-0.4, -0.2) is 22.9 Å². The summed E-state index contributed by atoms with van der Waals surface area (Å²) in [6, 6.07) is 1.89. The standard InChI is InChI=1S/C11H15IN2O2S/c1-11(2,3)14-10(15)16-9-8(12)7(17-4)5-6-13-9/h5-6H,1-4H3,(H,14,15). The van der Waals surface area contributed by atoms with Gasteiger partial charge in [-0.15, -0.1) is 11.8 Å². The molecule has 0 aliphatic rings. The fraction of sp³-hybridized carbons (Fsp3) is 0.455. The van der Waals surface area contributed by atoms with E-state index in [1.54, 1.807) is 18.0 Å². The summed E-state index contributed by atoms with van der Waals surface area (Å²) in [6.45, 7) is 5.68. The van der Waals surface area contributed by atoms with Crippen molar-refractivity contribution >= 4 is 40.4 Å². The van der Waals surface area contributed by atoms with Gasteiger partial charge in [-0.3, -0.25) is 0 Å². The van der Waals surface area contributed by atoms with E-state index in [1.807, 2.05) is 33.1 Å². The molecule has 1 N–H and O–H groups in total. The highest BCUT2D eigenvalue weighted by Crippen LogP contribution is 2.28. The van der Waals surface area contributed by atoms with E-state index in [9.17, 15) is 4.79 Å². The number of thioether (sulfide) groups is 1. The van der Waals surface area contributed by atoms with Crippen molar-refractivity contribution in [2.45, 2.75) is 31.2 Å². The predicted octanol–water partition coefficient (Wildman–Crippen LogP) is 3.30.